The van der Waals surface area contributed by atoms with Crippen LogP contribution in [0.5, 0.6) is 5.75 Å². The highest BCUT2D eigenvalue weighted by Crippen LogP contribution is 2.28. The number of alkyl halides is 1. The molecule has 2 rings (SSSR count). The molecule has 1 amide bonds. The van der Waals surface area contributed by atoms with Crippen molar-refractivity contribution in [3.05, 3.63) is 33.9 Å². The first-order chi connectivity index (χ1) is 10.1. The minimum atomic E-state index is -0.511. The van der Waals surface area contributed by atoms with Crippen molar-refractivity contribution in [3.8, 4) is 5.75 Å². The van der Waals surface area contributed by atoms with E-state index in [9.17, 15) is 14.9 Å². The number of carbonyl (C=O) groups is 1. The minimum Gasteiger partial charge on any atom is -0.496 e. The predicted octanol–water partition coefficient (Wildman–Crippen LogP) is 2.69. The lowest BCUT2D eigenvalue weighted by atomic mass is 10.1. The second kappa shape index (κ2) is 6.76. The summed E-state index contributed by atoms with van der Waals surface area (Å²) in [6.07, 6.45) is 1.83. The number of non-ortho nitro benzene ring substituents is 1. The van der Waals surface area contributed by atoms with Crippen molar-refractivity contribution in [3.63, 3.8) is 0 Å². The number of amides is 1. The highest BCUT2D eigenvalue weighted by atomic mass is 35.5. The van der Waals surface area contributed by atoms with Crippen LogP contribution < -0.4 is 4.74 Å². The molecule has 1 heterocycles. The third-order valence-electron chi connectivity index (χ3n) is 3.72. The average Bonchev–Trinajstić information content (AvgIpc) is 2.94. The Kier molecular flexibility index (Phi) is 5.01. The quantitative estimate of drug-likeness (QED) is 0.476. The Hall–Kier alpha value is -1.82. The smallest absolute Gasteiger partial charge is 0.273 e. The molecule has 114 valence electrons. The van der Waals surface area contributed by atoms with E-state index < -0.39 is 4.92 Å². The minimum absolute atomic E-state index is 0.0927. The average molecular weight is 313 g/mol. The summed E-state index contributed by atoms with van der Waals surface area (Å²) in [5.41, 5.74) is 0.263. The Morgan fingerprint density at radius 1 is 1.57 bits per heavy atom. The lowest BCUT2D eigenvalue weighted by molar-refractivity contribution is -0.384. The maximum atomic E-state index is 12.5. The van der Waals surface area contributed by atoms with Crippen molar-refractivity contribution in [2.75, 3.05) is 26.1 Å². The van der Waals surface area contributed by atoms with Crippen LogP contribution in [0.4, 0.5) is 5.69 Å². The van der Waals surface area contributed by atoms with Crippen molar-refractivity contribution in [1.82, 2.24) is 4.90 Å². The lowest BCUT2D eigenvalue weighted by Crippen LogP contribution is -2.29. The fraction of sp³-hybridized carbons (Fsp3) is 0.500. The predicted molar refractivity (Wildman–Crippen MR) is 79.0 cm³/mol. The van der Waals surface area contributed by atoms with Gasteiger partial charge in [0.25, 0.3) is 11.6 Å². The van der Waals surface area contributed by atoms with E-state index in [2.05, 4.69) is 0 Å². The van der Waals surface area contributed by atoms with Crippen LogP contribution in [0.1, 0.15) is 23.2 Å². The summed E-state index contributed by atoms with van der Waals surface area (Å²) in [4.78, 5) is 24.5. The molecule has 1 unspecified atom stereocenters. The van der Waals surface area contributed by atoms with Gasteiger partial charge in [0.1, 0.15) is 5.75 Å². The molecular formula is C14H17ClN2O4. The summed E-state index contributed by atoms with van der Waals surface area (Å²) < 4.78 is 5.12. The molecule has 0 radical (unpaired) electrons. The Morgan fingerprint density at radius 3 is 2.95 bits per heavy atom. The number of likely N-dealkylation sites (tertiary alicyclic amines) is 1. The van der Waals surface area contributed by atoms with E-state index in [0.29, 0.717) is 30.5 Å². The topological polar surface area (TPSA) is 72.7 Å². The maximum absolute atomic E-state index is 12.5. The zero-order valence-corrected chi connectivity index (χ0v) is 12.5. The van der Waals surface area contributed by atoms with E-state index >= 15 is 0 Å². The number of rotatable bonds is 5. The second-order valence-electron chi connectivity index (χ2n) is 5.03. The van der Waals surface area contributed by atoms with E-state index in [0.717, 1.165) is 12.8 Å². The Bertz CT molecular complexity index is 550. The van der Waals surface area contributed by atoms with Gasteiger partial charge in [-0.15, -0.1) is 11.6 Å². The number of nitro benzene ring substituents is 1. The van der Waals surface area contributed by atoms with Crippen LogP contribution in [-0.4, -0.2) is 41.8 Å². The molecule has 1 aromatic carbocycles. The van der Waals surface area contributed by atoms with Crippen LogP contribution in [0.2, 0.25) is 0 Å². The normalized spacial score (nSPS) is 17.8. The molecule has 1 saturated heterocycles. The second-order valence-corrected chi connectivity index (χ2v) is 5.40. The van der Waals surface area contributed by atoms with Gasteiger partial charge >= 0.3 is 0 Å². The van der Waals surface area contributed by atoms with Crippen molar-refractivity contribution < 1.29 is 14.5 Å². The summed E-state index contributed by atoms with van der Waals surface area (Å²) >= 11 is 5.73. The number of carbonyl (C=O) groups excluding carboxylic acids is 1. The standard InChI is InChI=1S/C14H17ClN2O4/c1-21-13-8-11(17(19)20)2-3-12(13)14(18)16-7-5-10(9-16)4-6-15/h2-3,8,10H,4-7,9H2,1H3. The Balaban J connectivity index is 2.18. The van der Waals surface area contributed by atoms with E-state index in [1.54, 1.807) is 4.90 Å². The van der Waals surface area contributed by atoms with Gasteiger partial charge in [0, 0.05) is 25.0 Å². The van der Waals surface area contributed by atoms with Gasteiger partial charge in [-0.1, -0.05) is 0 Å². The largest absolute Gasteiger partial charge is 0.496 e. The zero-order chi connectivity index (χ0) is 15.4. The van der Waals surface area contributed by atoms with Crippen molar-refractivity contribution in [1.29, 1.82) is 0 Å². The maximum Gasteiger partial charge on any atom is 0.273 e. The monoisotopic (exact) mass is 312 g/mol. The van der Waals surface area contributed by atoms with E-state index in [1.807, 2.05) is 0 Å². The van der Waals surface area contributed by atoms with Crippen LogP contribution >= 0.6 is 11.6 Å². The third kappa shape index (κ3) is 3.44. The molecule has 0 aromatic heterocycles. The molecule has 7 heteroatoms. The first-order valence-electron chi connectivity index (χ1n) is 6.74. The van der Waals surface area contributed by atoms with Gasteiger partial charge in [0.15, 0.2) is 0 Å². The number of ether oxygens (including phenoxy) is 1. The summed E-state index contributed by atoms with van der Waals surface area (Å²) in [6.45, 7) is 1.35. The van der Waals surface area contributed by atoms with Gasteiger partial charge in [0.2, 0.25) is 0 Å². The number of hydrogen-bond acceptors (Lipinski definition) is 4. The number of benzene rings is 1. The van der Waals surface area contributed by atoms with Gasteiger partial charge < -0.3 is 9.64 Å². The summed E-state index contributed by atoms with van der Waals surface area (Å²) in [5, 5.41) is 10.8. The molecular weight excluding hydrogens is 296 g/mol. The molecule has 6 nitrogen and oxygen atoms in total. The molecule has 1 fully saturated rings. The van der Waals surface area contributed by atoms with Gasteiger partial charge in [-0.3, -0.25) is 14.9 Å². The van der Waals surface area contributed by atoms with Crippen LogP contribution in [0, 0.1) is 16.0 Å². The van der Waals surface area contributed by atoms with Crippen molar-refractivity contribution in [2.45, 2.75) is 12.8 Å². The summed E-state index contributed by atoms with van der Waals surface area (Å²) in [5.74, 6) is 1.09. The fourth-order valence-corrected chi connectivity index (χ4v) is 2.86. The SMILES string of the molecule is COc1cc([N+](=O)[O-])ccc1C(=O)N1CCC(CCCl)C1. The van der Waals surface area contributed by atoms with Crippen LogP contribution in [-0.2, 0) is 0 Å². The van der Waals surface area contributed by atoms with Crippen LogP contribution in [0.3, 0.4) is 0 Å². The number of nitro groups is 1. The van der Waals surface area contributed by atoms with Gasteiger partial charge in [-0.2, -0.15) is 0 Å². The number of hydrogen-bond donors (Lipinski definition) is 0. The Morgan fingerprint density at radius 2 is 2.33 bits per heavy atom. The molecule has 0 bridgehead atoms. The molecule has 21 heavy (non-hydrogen) atoms. The summed E-state index contributed by atoms with van der Waals surface area (Å²) in [6, 6.07) is 4.05. The summed E-state index contributed by atoms with van der Waals surface area (Å²) in [7, 11) is 1.40. The van der Waals surface area contributed by atoms with Gasteiger partial charge in [0.05, 0.1) is 23.7 Å². The fourth-order valence-electron chi connectivity index (χ4n) is 2.55. The molecule has 1 aliphatic rings. The van der Waals surface area contributed by atoms with Crippen LogP contribution in [0.25, 0.3) is 0 Å². The first kappa shape index (κ1) is 15.6. The molecule has 0 aliphatic carbocycles. The van der Waals surface area contributed by atoms with E-state index in [4.69, 9.17) is 16.3 Å². The molecule has 0 spiro atoms. The van der Waals surface area contributed by atoms with Gasteiger partial charge in [-0.25, -0.2) is 0 Å². The molecule has 1 aliphatic heterocycles. The van der Waals surface area contributed by atoms with Crippen molar-refractivity contribution in [2.24, 2.45) is 5.92 Å². The highest BCUT2D eigenvalue weighted by molar-refractivity contribution is 6.17. The van der Waals surface area contributed by atoms with Crippen molar-refractivity contribution >= 4 is 23.2 Å². The van der Waals surface area contributed by atoms with Gasteiger partial charge in [-0.05, 0) is 24.8 Å². The third-order valence-corrected chi connectivity index (χ3v) is 3.93. The Labute approximate surface area is 127 Å². The van der Waals surface area contributed by atoms with E-state index in [1.165, 1.54) is 25.3 Å². The molecule has 1 atom stereocenters. The van der Waals surface area contributed by atoms with Crippen LogP contribution in [0.15, 0.2) is 18.2 Å². The number of halogens is 1. The zero-order valence-electron chi connectivity index (χ0n) is 11.8. The number of nitrogens with zero attached hydrogens (tertiary/aromatic N) is 2. The molecule has 0 N–H and O–H groups in total. The van der Waals surface area contributed by atoms with E-state index in [-0.39, 0.29) is 17.3 Å². The first-order valence-corrected chi connectivity index (χ1v) is 7.28. The molecule has 1 aromatic rings. The molecule has 0 saturated carbocycles. The highest BCUT2D eigenvalue weighted by Gasteiger charge is 2.28. The lowest BCUT2D eigenvalue weighted by Gasteiger charge is -2.18. The number of methoxy groups -OCH3 is 1.